The molecule has 1 aliphatic rings. The van der Waals surface area contributed by atoms with Crippen LogP contribution in [0.15, 0.2) is 48.8 Å². The summed E-state index contributed by atoms with van der Waals surface area (Å²) >= 11 is 0. The number of aryl methyl sites for hydroxylation is 1. The molecule has 2 heterocycles. The van der Waals surface area contributed by atoms with E-state index in [1.54, 1.807) is 24.5 Å². The van der Waals surface area contributed by atoms with Crippen LogP contribution >= 0.6 is 0 Å². The SMILES string of the molecule is CC(=O)c1c(C)nc2c(c1-c1cccnc1)C(=O)c1ccccc1-2. The van der Waals surface area contributed by atoms with Crippen LogP contribution in [0.5, 0.6) is 0 Å². The van der Waals surface area contributed by atoms with Gasteiger partial charge in [0.05, 0.1) is 11.3 Å². The summed E-state index contributed by atoms with van der Waals surface area (Å²) in [5, 5.41) is 0. The van der Waals surface area contributed by atoms with Gasteiger partial charge in [-0.15, -0.1) is 0 Å². The normalized spacial score (nSPS) is 12.0. The molecule has 0 unspecified atom stereocenters. The summed E-state index contributed by atoms with van der Waals surface area (Å²) in [6, 6.07) is 11.1. The van der Waals surface area contributed by atoms with Gasteiger partial charge in [0.2, 0.25) is 0 Å². The fraction of sp³-hybridized carbons (Fsp3) is 0.100. The maximum Gasteiger partial charge on any atom is 0.196 e. The van der Waals surface area contributed by atoms with Gasteiger partial charge in [0.25, 0.3) is 0 Å². The minimum absolute atomic E-state index is 0.0885. The lowest BCUT2D eigenvalue weighted by Gasteiger charge is -2.14. The first-order valence-corrected chi connectivity index (χ1v) is 7.69. The number of fused-ring (bicyclic) bond motifs is 3. The number of Topliss-reactive ketones (excluding diaryl/α,β-unsaturated/α-hetero) is 1. The van der Waals surface area contributed by atoms with E-state index < -0.39 is 0 Å². The largest absolute Gasteiger partial charge is 0.294 e. The molecule has 4 heteroatoms. The second-order valence-electron chi connectivity index (χ2n) is 5.84. The molecule has 0 saturated carbocycles. The quantitative estimate of drug-likeness (QED) is 0.527. The molecule has 0 atom stereocenters. The zero-order valence-corrected chi connectivity index (χ0v) is 13.3. The van der Waals surface area contributed by atoms with Crippen molar-refractivity contribution in [2.75, 3.05) is 0 Å². The Labute approximate surface area is 139 Å². The number of carbonyl (C=O) groups is 2. The Hall–Kier alpha value is -3.14. The average molecular weight is 314 g/mol. The van der Waals surface area contributed by atoms with E-state index in [0.717, 1.165) is 11.1 Å². The number of hydrogen-bond acceptors (Lipinski definition) is 4. The van der Waals surface area contributed by atoms with Crippen molar-refractivity contribution in [2.24, 2.45) is 0 Å². The van der Waals surface area contributed by atoms with E-state index in [9.17, 15) is 9.59 Å². The predicted molar refractivity (Wildman–Crippen MR) is 91.1 cm³/mol. The van der Waals surface area contributed by atoms with Gasteiger partial charge in [0, 0.05) is 45.9 Å². The monoisotopic (exact) mass is 314 g/mol. The maximum absolute atomic E-state index is 13.0. The van der Waals surface area contributed by atoms with Crippen LogP contribution in [0.25, 0.3) is 22.4 Å². The molecular formula is C20H14N2O2. The Bertz CT molecular complexity index is 1010. The van der Waals surface area contributed by atoms with E-state index in [1.807, 2.05) is 31.2 Å². The highest BCUT2D eigenvalue weighted by atomic mass is 16.1. The van der Waals surface area contributed by atoms with Crippen LogP contribution in [0, 0.1) is 6.92 Å². The van der Waals surface area contributed by atoms with Crippen LogP contribution in [-0.2, 0) is 0 Å². The summed E-state index contributed by atoms with van der Waals surface area (Å²) in [7, 11) is 0. The van der Waals surface area contributed by atoms with E-state index in [4.69, 9.17) is 0 Å². The predicted octanol–water partition coefficient (Wildman–Crippen LogP) is 3.87. The molecule has 4 nitrogen and oxygen atoms in total. The number of hydrogen-bond donors (Lipinski definition) is 0. The van der Waals surface area contributed by atoms with Gasteiger partial charge in [-0.3, -0.25) is 19.6 Å². The minimum Gasteiger partial charge on any atom is -0.294 e. The summed E-state index contributed by atoms with van der Waals surface area (Å²) in [6.45, 7) is 3.31. The second-order valence-corrected chi connectivity index (χ2v) is 5.84. The Morgan fingerprint density at radius 2 is 1.75 bits per heavy atom. The molecule has 1 aliphatic carbocycles. The topological polar surface area (TPSA) is 59.9 Å². The van der Waals surface area contributed by atoms with Crippen molar-refractivity contribution in [2.45, 2.75) is 13.8 Å². The highest BCUT2D eigenvalue weighted by molar-refractivity contribution is 6.25. The number of ketones is 2. The number of carbonyl (C=O) groups excluding carboxylic acids is 2. The zero-order chi connectivity index (χ0) is 16.8. The molecule has 3 aromatic rings. The summed E-state index contributed by atoms with van der Waals surface area (Å²) in [6.07, 6.45) is 3.35. The van der Waals surface area contributed by atoms with E-state index in [2.05, 4.69) is 9.97 Å². The highest BCUT2D eigenvalue weighted by Crippen LogP contribution is 2.42. The molecule has 2 aromatic heterocycles. The van der Waals surface area contributed by atoms with Crippen molar-refractivity contribution in [1.29, 1.82) is 0 Å². The number of pyridine rings is 2. The van der Waals surface area contributed by atoms with Crippen molar-refractivity contribution in [3.05, 3.63) is 71.2 Å². The molecule has 0 aliphatic heterocycles. The lowest BCUT2D eigenvalue weighted by molar-refractivity contribution is 0.101. The van der Waals surface area contributed by atoms with Crippen LogP contribution in [0.2, 0.25) is 0 Å². The molecule has 0 spiro atoms. The van der Waals surface area contributed by atoms with Crippen molar-refractivity contribution in [1.82, 2.24) is 9.97 Å². The standard InChI is InChI=1S/C20H14N2O2/c1-11-16(12(2)23)17(13-6-5-9-21-10-13)18-19(22-11)14-7-3-4-8-15(14)20(18)24/h3-10H,1-2H3. The van der Waals surface area contributed by atoms with E-state index in [-0.39, 0.29) is 11.6 Å². The first-order valence-electron chi connectivity index (χ1n) is 7.69. The van der Waals surface area contributed by atoms with Crippen molar-refractivity contribution < 1.29 is 9.59 Å². The molecule has 24 heavy (non-hydrogen) atoms. The molecule has 0 N–H and O–H groups in total. The van der Waals surface area contributed by atoms with Gasteiger partial charge >= 0.3 is 0 Å². The van der Waals surface area contributed by atoms with Gasteiger partial charge in [0.1, 0.15) is 0 Å². The molecular weight excluding hydrogens is 300 g/mol. The zero-order valence-electron chi connectivity index (χ0n) is 13.3. The fourth-order valence-corrected chi connectivity index (χ4v) is 3.37. The number of nitrogens with zero attached hydrogens (tertiary/aromatic N) is 2. The Kier molecular flexibility index (Phi) is 3.13. The summed E-state index contributed by atoms with van der Waals surface area (Å²) in [5.41, 5.74) is 5.11. The molecule has 0 bridgehead atoms. The van der Waals surface area contributed by atoms with Gasteiger partial charge < -0.3 is 0 Å². The van der Waals surface area contributed by atoms with Gasteiger partial charge in [-0.1, -0.05) is 30.3 Å². The molecule has 0 saturated heterocycles. The fourth-order valence-electron chi connectivity index (χ4n) is 3.37. The lowest BCUT2D eigenvalue weighted by Crippen LogP contribution is -2.09. The lowest BCUT2D eigenvalue weighted by atomic mass is 9.91. The molecule has 0 fully saturated rings. The van der Waals surface area contributed by atoms with E-state index in [1.165, 1.54) is 6.92 Å². The van der Waals surface area contributed by atoms with Crippen molar-refractivity contribution >= 4 is 11.6 Å². The number of rotatable bonds is 2. The van der Waals surface area contributed by atoms with E-state index in [0.29, 0.717) is 33.6 Å². The van der Waals surface area contributed by atoms with Crippen LogP contribution in [0.1, 0.15) is 38.9 Å². The molecule has 0 amide bonds. The third kappa shape index (κ3) is 1.93. The highest BCUT2D eigenvalue weighted by Gasteiger charge is 2.34. The Morgan fingerprint density at radius 3 is 2.42 bits per heavy atom. The molecule has 1 aromatic carbocycles. The third-order valence-electron chi connectivity index (χ3n) is 4.33. The smallest absolute Gasteiger partial charge is 0.196 e. The summed E-state index contributed by atoms with van der Waals surface area (Å²) in [4.78, 5) is 34.0. The third-order valence-corrected chi connectivity index (χ3v) is 4.33. The number of aromatic nitrogens is 2. The van der Waals surface area contributed by atoms with Crippen LogP contribution in [0.3, 0.4) is 0 Å². The summed E-state index contributed by atoms with van der Waals surface area (Å²) in [5.74, 6) is -0.195. The van der Waals surface area contributed by atoms with Gasteiger partial charge in [-0.2, -0.15) is 0 Å². The first-order chi connectivity index (χ1) is 11.6. The average Bonchev–Trinajstić information content (AvgIpc) is 2.87. The Morgan fingerprint density at radius 1 is 1.00 bits per heavy atom. The van der Waals surface area contributed by atoms with Crippen molar-refractivity contribution in [3.63, 3.8) is 0 Å². The van der Waals surface area contributed by atoms with E-state index >= 15 is 0 Å². The first kappa shape index (κ1) is 14.5. The summed E-state index contributed by atoms with van der Waals surface area (Å²) < 4.78 is 0. The molecule has 116 valence electrons. The van der Waals surface area contributed by atoms with Crippen LogP contribution in [-0.4, -0.2) is 21.5 Å². The van der Waals surface area contributed by atoms with Gasteiger partial charge in [-0.25, -0.2) is 0 Å². The number of benzene rings is 1. The second kappa shape index (κ2) is 5.20. The maximum atomic E-state index is 13.0. The Balaban J connectivity index is 2.15. The van der Waals surface area contributed by atoms with Crippen LogP contribution in [0.4, 0.5) is 0 Å². The van der Waals surface area contributed by atoms with Gasteiger partial charge in [-0.05, 0) is 19.9 Å². The van der Waals surface area contributed by atoms with Crippen LogP contribution < -0.4 is 0 Å². The van der Waals surface area contributed by atoms with Crippen molar-refractivity contribution in [3.8, 4) is 22.4 Å². The molecule has 0 radical (unpaired) electrons. The molecule has 4 rings (SSSR count). The van der Waals surface area contributed by atoms with Gasteiger partial charge in [0.15, 0.2) is 11.6 Å². The minimum atomic E-state index is -0.106.